The average Bonchev–Trinajstić information content (AvgIpc) is 3.43. The highest BCUT2D eigenvalue weighted by Crippen LogP contribution is 2.25. The Kier molecular flexibility index (Phi) is 6.00. The maximum absolute atomic E-state index is 12.5. The number of hydrogen-bond acceptors (Lipinski definition) is 4. The third-order valence-corrected chi connectivity index (χ3v) is 5.79. The van der Waals surface area contributed by atoms with E-state index < -0.39 is 0 Å². The summed E-state index contributed by atoms with van der Waals surface area (Å²) >= 11 is 0. The van der Waals surface area contributed by atoms with Crippen molar-refractivity contribution in [2.45, 2.75) is 50.7 Å². The van der Waals surface area contributed by atoms with Crippen LogP contribution in [-0.4, -0.2) is 66.7 Å². The molecule has 3 amide bonds. The summed E-state index contributed by atoms with van der Waals surface area (Å²) in [4.78, 5) is 28.5. The Bertz CT molecular complexity index is 673. The summed E-state index contributed by atoms with van der Waals surface area (Å²) in [5.41, 5.74) is 0.752. The van der Waals surface area contributed by atoms with E-state index in [4.69, 9.17) is 9.47 Å². The van der Waals surface area contributed by atoms with E-state index in [-0.39, 0.29) is 18.0 Å². The van der Waals surface area contributed by atoms with E-state index in [1.165, 1.54) is 12.8 Å². The molecule has 152 valence electrons. The smallest absolute Gasteiger partial charge is 0.321 e. The molecule has 0 radical (unpaired) electrons. The fourth-order valence-corrected chi connectivity index (χ4v) is 4.12. The second-order valence-electron chi connectivity index (χ2n) is 7.79. The van der Waals surface area contributed by atoms with E-state index in [1.807, 2.05) is 29.2 Å². The lowest BCUT2D eigenvalue weighted by atomic mass is 10.2. The van der Waals surface area contributed by atoms with Gasteiger partial charge in [-0.2, -0.15) is 0 Å². The molecule has 1 N–H and O–H groups in total. The van der Waals surface area contributed by atoms with Crippen LogP contribution >= 0.6 is 0 Å². The summed E-state index contributed by atoms with van der Waals surface area (Å²) in [5.74, 6) is 0.918. The highest BCUT2D eigenvalue weighted by Gasteiger charge is 2.31. The maximum atomic E-state index is 12.5. The number of urea groups is 1. The highest BCUT2D eigenvalue weighted by molar-refractivity contribution is 5.89. The average molecular weight is 387 g/mol. The number of anilines is 1. The van der Waals surface area contributed by atoms with E-state index in [0.29, 0.717) is 38.9 Å². The minimum atomic E-state index is -0.287. The van der Waals surface area contributed by atoms with Gasteiger partial charge in [-0.05, 0) is 62.8 Å². The first-order valence-corrected chi connectivity index (χ1v) is 10.4. The number of piperazine rings is 1. The van der Waals surface area contributed by atoms with Gasteiger partial charge in [-0.3, -0.25) is 4.79 Å². The van der Waals surface area contributed by atoms with Gasteiger partial charge in [-0.1, -0.05) is 0 Å². The first-order chi connectivity index (χ1) is 13.7. The lowest BCUT2D eigenvalue weighted by Gasteiger charge is -2.35. The molecule has 2 heterocycles. The molecule has 0 aromatic heterocycles. The summed E-state index contributed by atoms with van der Waals surface area (Å²) in [6.07, 6.45) is 6.53. The summed E-state index contributed by atoms with van der Waals surface area (Å²) in [6, 6.07) is 7.44. The fraction of sp³-hybridized carbons (Fsp3) is 0.619. The Labute approximate surface area is 166 Å². The normalized spacial score (nSPS) is 23.1. The van der Waals surface area contributed by atoms with E-state index in [2.05, 4.69) is 5.32 Å². The number of ether oxygens (including phenoxy) is 2. The second-order valence-corrected chi connectivity index (χ2v) is 7.79. The molecule has 1 unspecified atom stereocenters. The summed E-state index contributed by atoms with van der Waals surface area (Å²) < 4.78 is 11.4. The van der Waals surface area contributed by atoms with Gasteiger partial charge in [0.2, 0.25) is 0 Å². The largest absolute Gasteiger partial charge is 0.490 e. The number of amides is 3. The Morgan fingerprint density at radius 3 is 2.25 bits per heavy atom. The SMILES string of the molecule is O=C(Nc1ccc(OC2CCCC2)cc1)N1CCN(C(=O)C2CCCO2)CC1. The fourth-order valence-electron chi connectivity index (χ4n) is 4.12. The van der Waals surface area contributed by atoms with Crippen molar-refractivity contribution in [3.8, 4) is 5.75 Å². The number of carbonyl (C=O) groups is 2. The van der Waals surface area contributed by atoms with Crippen LogP contribution in [0.1, 0.15) is 38.5 Å². The van der Waals surface area contributed by atoms with Crippen LogP contribution in [0.2, 0.25) is 0 Å². The lowest BCUT2D eigenvalue weighted by Crippen LogP contribution is -2.53. The van der Waals surface area contributed by atoms with Crippen LogP contribution in [0.4, 0.5) is 10.5 Å². The first-order valence-electron chi connectivity index (χ1n) is 10.4. The van der Waals surface area contributed by atoms with Crippen LogP contribution in [-0.2, 0) is 9.53 Å². The van der Waals surface area contributed by atoms with Gasteiger partial charge in [0.1, 0.15) is 11.9 Å². The van der Waals surface area contributed by atoms with Crippen LogP contribution in [0.3, 0.4) is 0 Å². The number of rotatable bonds is 4. The van der Waals surface area contributed by atoms with E-state index >= 15 is 0 Å². The highest BCUT2D eigenvalue weighted by atomic mass is 16.5. The minimum absolute atomic E-state index is 0.0652. The van der Waals surface area contributed by atoms with Crippen molar-refractivity contribution in [3.05, 3.63) is 24.3 Å². The molecule has 7 nitrogen and oxygen atoms in total. The van der Waals surface area contributed by atoms with Crippen molar-refractivity contribution < 1.29 is 19.1 Å². The molecule has 0 spiro atoms. The van der Waals surface area contributed by atoms with Gasteiger partial charge in [0, 0.05) is 38.5 Å². The molecule has 1 aromatic rings. The number of benzene rings is 1. The van der Waals surface area contributed by atoms with E-state index in [0.717, 1.165) is 37.1 Å². The summed E-state index contributed by atoms with van der Waals surface area (Å²) in [6.45, 7) is 2.85. The molecule has 1 aliphatic carbocycles. The van der Waals surface area contributed by atoms with Crippen LogP contribution < -0.4 is 10.1 Å². The molecule has 3 fully saturated rings. The van der Waals surface area contributed by atoms with Crippen LogP contribution in [0.5, 0.6) is 5.75 Å². The molecule has 0 bridgehead atoms. The predicted molar refractivity (Wildman–Crippen MR) is 105 cm³/mol. The third-order valence-electron chi connectivity index (χ3n) is 5.79. The Morgan fingerprint density at radius 1 is 0.929 bits per heavy atom. The Hall–Kier alpha value is -2.28. The molecular weight excluding hydrogens is 358 g/mol. The number of nitrogens with one attached hydrogen (secondary N) is 1. The molecule has 3 aliphatic rings. The Morgan fingerprint density at radius 2 is 1.61 bits per heavy atom. The van der Waals surface area contributed by atoms with Gasteiger partial charge < -0.3 is 24.6 Å². The third kappa shape index (κ3) is 4.58. The zero-order valence-corrected chi connectivity index (χ0v) is 16.3. The molecule has 28 heavy (non-hydrogen) atoms. The van der Waals surface area contributed by atoms with Crippen molar-refractivity contribution in [3.63, 3.8) is 0 Å². The Balaban J connectivity index is 1.23. The maximum Gasteiger partial charge on any atom is 0.321 e. The van der Waals surface area contributed by atoms with Crippen LogP contribution in [0.25, 0.3) is 0 Å². The first kappa shape index (κ1) is 19.1. The van der Waals surface area contributed by atoms with Gasteiger partial charge in [-0.25, -0.2) is 4.79 Å². The summed E-state index contributed by atoms with van der Waals surface area (Å²) in [7, 11) is 0. The molecule has 1 atom stereocenters. The van der Waals surface area contributed by atoms with E-state index in [1.54, 1.807) is 4.90 Å². The van der Waals surface area contributed by atoms with Crippen molar-refractivity contribution in [1.82, 2.24) is 9.80 Å². The predicted octanol–water partition coefficient (Wildman–Crippen LogP) is 2.86. The minimum Gasteiger partial charge on any atom is -0.490 e. The van der Waals surface area contributed by atoms with Gasteiger partial charge in [0.25, 0.3) is 5.91 Å². The van der Waals surface area contributed by atoms with Crippen LogP contribution in [0.15, 0.2) is 24.3 Å². The van der Waals surface area contributed by atoms with E-state index in [9.17, 15) is 9.59 Å². The van der Waals surface area contributed by atoms with Gasteiger partial charge >= 0.3 is 6.03 Å². The number of hydrogen-bond donors (Lipinski definition) is 1. The molecule has 2 saturated heterocycles. The second kappa shape index (κ2) is 8.82. The van der Waals surface area contributed by atoms with Crippen molar-refractivity contribution in [2.75, 3.05) is 38.1 Å². The molecule has 4 rings (SSSR count). The lowest BCUT2D eigenvalue weighted by molar-refractivity contribution is -0.142. The standard InChI is InChI=1S/C21H29N3O4/c25-20(19-6-3-15-27-19)23-11-13-24(14-12-23)21(26)22-16-7-9-18(10-8-16)28-17-4-1-2-5-17/h7-10,17,19H,1-6,11-15H2,(H,22,26). The van der Waals surface area contributed by atoms with Crippen LogP contribution in [0, 0.1) is 0 Å². The van der Waals surface area contributed by atoms with Crippen molar-refractivity contribution >= 4 is 17.6 Å². The van der Waals surface area contributed by atoms with Crippen molar-refractivity contribution in [1.29, 1.82) is 0 Å². The topological polar surface area (TPSA) is 71.1 Å². The van der Waals surface area contributed by atoms with Gasteiger partial charge in [0.15, 0.2) is 0 Å². The van der Waals surface area contributed by atoms with Crippen molar-refractivity contribution in [2.24, 2.45) is 0 Å². The molecule has 7 heteroatoms. The quantitative estimate of drug-likeness (QED) is 0.862. The molecule has 1 saturated carbocycles. The molecular formula is C21H29N3O4. The number of nitrogens with zero attached hydrogens (tertiary/aromatic N) is 2. The monoisotopic (exact) mass is 387 g/mol. The number of carbonyl (C=O) groups excluding carboxylic acids is 2. The zero-order valence-electron chi connectivity index (χ0n) is 16.3. The van der Waals surface area contributed by atoms with Gasteiger partial charge in [0.05, 0.1) is 6.10 Å². The molecule has 2 aliphatic heterocycles. The summed E-state index contributed by atoms with van der Waals surface area (Å²) in [5, 5.41) is 2.93. The molecule has 1 aromatic carbocycles. The zero-order chi connectivity index (χ0) is 19.3. The van der Waals surface area contributed by atoms with Gasteiger partial charge in [-0.15, -0.1) is 0 Å².